The third-order valence-electron chi connectivity index (χ3n) is 3.19. The summed E-state index contributed by atoms with van der Waals surface area (Å²) in [6, 6.07) is 19.5. The third-order valence-corrected chi connectivity index (χ3v) is 7.13. The van der Waals surface area contributed by atoms with E-state index in [0.717, 1.165) is 0 Å². The van der Waals surface area contributed by atoms with E-state index in [2.05, 4.69) is 67.8 Å². The zero-order chi connectivity index (χ0) is 13.9. The van der Waals surface area contributed by atoms with Crippen molar-refractivity contribution >= 4 is 32.4 Å². The molecule has 0 atom stereocenters. The van der Waals surface area contributed by atoms with Gasteiger partial charge in [-0.05, 0) is 24.3 Å². The maximum absolute atomic E-state index is 2.23. The summed E-state index contributed by atoms with van der Waals surface area (Å²) < 4.78 is 1.40. The summed E-state index contributed by atoms with van der Waals surface area (Å²) in [6.45, 7) is 2.13. The lowest BCUT2D eigenvalue weighted by Crippen LogP contribution is -3.00. The number of benzene rings is 2. The van der Waals surface area contributed by atoms with E-state index in [1.54, 1.807) is 0 Å². The van der Waals surface area contributed by atoms with Crippen LogP contribution in [-0.2, 0) is 0 Å². The molecule has 0 spiro atoms. The van der Waals surface area contributed by atoms with Gasteiger partial charge in [0.2, 0.25) is 0 Å². The molecule has 3 rings (SSSR count). The Morgan fingerprint density at radius 2 is 1.57 bits per heavy atom. The van der Waals surface area contributed by atoms with Gasteiger partial charge in [0.05, 0.1) is 5.56 Å². The lowest BCUT2D eigenvalue weighted by atomic mass is 10.0. The summed E-state index contributed by atoms with van der Waals surface area (Å²) in [7, 11) is 3.75. The molecule has 0 aliphatic rings. The number of halogens is 1. The highest BCUT2D eigenvalue weighted by molar-refractivity contribution is 8.02. The smallest absolute Gasteiger partial charge is 0.308 e. The van der Waals surface area contributed by atoms with Crippen molar-refractivity contribution < 1.29 is 24.0 Å². The zero-order valence-corrected chi connectivity index (χ0v) is 16.4. The fourth-order valence-corrected chi connectivity index (χ4v) is 6.15. The molecule has 0 nitrogen and oxygen atoms in total. The van der Waals surface area contributed by atoms with Gasteiger partial charge in [-0.3, -0.25) is 0 Å². The quantitative estimate of drug-likeness (QED) is 0.259. The van der Waals surface area contributed by atoms with Gasteiger partial charge in [-0.25, -0.2) is 0 Å². The molecule has 0 unspecified atom stereocenters. The average molecular weight is 442 g/mol. The van der Waals surface area contributed by atoms with Crippen LogP contribution in [0.4, 0.5) is 0 Å². The molecule has 0 saturated carbocycles. The van der Waals surface area contributed by atoms with Crippen LogP contribution in [0.3, 0.4) is 0 Å². The van der Waals surface area contributed by atoms with Crippen molar-refractivity contribution in [2.75, 3.05) is 6.26 Å². The topological polar surface area (TPSA) is 0 Å². The maximum atomic E-state index is 2.23. The summed E-state index contributed by atoms with van der Waals surface area (Å²) in [6.07, 6.45) is 2.16. The number of hydrogen-bond acceptors (Lipinski definition) is 2. The number of aryl methyl sites for hydroxylation is 1. The largest absolute Gasteiger partial charge is 1.00 e. The molecule has 0 aliphatic carbocycles. The highest BCUT2D eigenvalue weighted by Crippen LogP contribution is 2.47. The van der Waals surface area contributed by atoms with Gasteiger partial charge in [-0.2, -0.15) is 0 Å². The summed E-state index contributed by atoms with van der Waals surface area (Å²) in [5.41, 5.74) is 5.32. The Kier molecular flexibility index (Phi) is 6.22. The van der Waals surface area contributed by atoms with E-state index in [1.165, 1.54) is 31.3 Å². The van der Waals surface area contributed by atoms with Gasteiger partial charge in [0.1, 0.15) is 4.88 Å². The van der Waals surface area contributed by atoms with Crippen molar-refractivity contribution in [1.82, 2.24) is 0 Å². The van der Waals surface area contributed by atoms with Crippen LogP contribution in [0.15, 0.2) is 58.8 Å². The van der Waals surface area contributed by atoms with E-state index in [1.807, 2.05) is 32.4 Å². The molecule has 21 heavy (non-hydrogen) atoms. The Balaban J connectivity index is 0.00000161. The molecule has 2 aromatic carbocycles. The van der Waals surface area contributed by atoms with E-state index < -0.39 is 0 Å². The molecule has 0 amide bonds. The molecule has 0 fully saturated rings. The Hall–Kier alpha value is -0.430. The summed E-state index contributed by atoms with van der Waals surface area (Å²) >= 11 is 1.84. The molecule has 0 bridgehead atoms. The fourth-order valence-electron chi connectivity index (χ4n) is 2.14. The van der Waals surface area contributed by atoms with E-state index in [9.17, 15) is 0 Å². The van der Waals surface area contributed by atoms with Crippen LogP contribution >= 0.6 is 32.4 Å². The summed E-state index contributed by atoms with van der Waals surface area (Å²) in [4.78, 5) is 1.38. The van der Waals surface area contributed by atoms with Gasteiger partial charge in [-0.15, -0.1) is 0 Å². The molecule has 4 heteroatoms. The first kappa shape index (κ1) is 16.9. The second kappa shape index (κ2) is 7.72. The van der Waals surface area contributed by atoms with E-state index in [0.29, 0.717) is 0 Å². The lowest BCUT2D eigenvalue weighted by Gasteiger charge is -2.02. The van der Waals surface area contributed by atoms with Crippen LogP contribution in [0.1, 0.15) is 5.56 Å². The molecule has 0 saturated heterocycles. The van der Waals surface area contributed by atoms with Crippen molar-refractivity contribution in [2.45, 2.75) is 11.1 Å². The molecular weight excluding hydrogens is 427 g/mol. The second-order valence-corrected chi connectivity index (χ2v) is 7.82. The highest BCUT2D eigenvalue weighted by Gasteiger charge is 2.25. The molecule has 108 valence electrons. The van der Waals surface area contributed by atoms with E-state index in [4.69, 9.17) is 0 Å². The molecule has 0 aliphatic heterocycles. The fraction of sp³-hybridized carbons (Fsp3) is 0.118. The van der Waals surface area contributed by atoms with Gasteiger partial charge in [0, 0.05) is 0 Å². The number of rotatable bonds is 3. The number of thioether (sulfide) groups is 1. The lowest BCUT2D eigenvalue weighted by molar-refractivity contribution is -0.00000380. The van der Waals surface area contributed by atoms with Gasteiger partial charge < -0.3 is 24.0 Å². The van der Waals surface area contributed by atoms with Gasteiger partial charge in [-0.1, -0.05) is 71.9 Å². The molecule has 0 N–H and O–H groups in total. The van der Waals surface area contributed by atoms with Crippen LogP contribution in [0.5, 0.6) is 0 Å². The first-order valence-corrected chi connectivity index (χ1v) is 9.79. The maximum Gasteiger partial charge on any atom is 0.308 e. The normalized spacial score (nSPS) is 10.2. The van der Waals surface area contributed by atoms with E-state index in [-0.39, 0.29) is 24.0 Å². The Morgan fingerprint density at radius 1 is 0.905 bits per heavy atom. The van der Waals surface area contributed by atoms with Crippen molar-refractivity contribution in [2.24, 2.45) is 0 Å². The van der Waals surface area contributed by atoms with Crippen molar-refractivity contribution in [3.8, 4) is 21.6 Å². The zero-order valence-electron chi connectivity index (χ0n) is 11.8. The minimum Gasteiger partial charge on any atom is -1.00 e. The van der Waals surface area contributed by atoms with Crippen molar-refractivity contribution in [1.29, 1.82) is 0 Å². The van der Waals surface area contributed by atoms with Crippen LogP contribution < -0.4 is 24.0 Å². The monoisotopic (exact) mass is 442 g/mol. The molecule has 3 aromatic rings. The third kappa shape index (κ3) is 3.67. The van der Waals surface area contributed by atoms with Gasteiger partial charge in [0.15, 0.2) is 10.3 Å². The van der Waals surface area contributed by atoms with Crippen molar-refractivity contribution in [3.63, 3.8) is 0 Å². The SMILES string of the molecule is CSc1[s+]sc(-c2ccc(C)cc2)c1-c1ccccc1.[I-]. The van der Waals surface area contributed by atoms with Crippen LogP contribution in [0.2, 0.25) is 0 Å². The van der Waals surface area contributed by atoms with Crippen LogP contribution in [-0.4, -0.2) is 6.26 Å². The minimum absolute atomic E-state index is 0. The molecule has 0 radical (unpaired) electrons. The first-order chi connectivity index (χ1) is 9.79. The highest BCUT2D eigenvalue weighted by atomic mass is 127. The average Bonchev–Trinajstić information content (AvgIpc) is 2.93. The standard InChI is InChI=1S/C17H15S3.HI/c1-12-8-10-14(11-9-12)16-15(17(18-2)20-19-16)13-6-4-3-5-7-13;/h3-11H,1-2H3;1H/q+1;/p-1. The summed E-state index contributed by atoms with van der Waals surface area (Å²) in [5.74, 6) is 0. The minimum atomic E-state index is 0. The predicted molar refractivity (Wildman–Crippen MR) is 94.0 cm³/mol. The number of hydrogen-bond donors (Lipinski definition) is 0. The van der Waals surface area contributed by atoms with Gasteiger partial charge in [0.25, 0.3) is 4.21 Å². The van der Waals surface area contributed by atoms with Crippen molar-refractivity contribution in [3.05, 3.63) is 60.2 Å². The predicted octanol–water partition coefficient (Wildman–Crippen LogP) is 3.46. The molecule has 1 heterocycles. The van der Waals surface area contributed by atoms with E-state index >= 15 is 0 Å². The Morgan fingerprint density at radius 3 is 2.19 bits per heavy atom. The second-order valence-electron chi connectivity index (χ2n) is 4.59. The summed E-state index contributed by atoms with van der Waals surface area (Å²) in [5, 5.41) is 0. The van der Waals surface area contributed by atoms with Gasteiger partial charge >= 0.3 is 10.3 Å². The Labute approximate surface area is 154 Å². The molecular formula is C17H15IS3. The van der Waals surface area contributed by atoms with Crippen LogP contribution in [0.25, 0.3) is 21.6 Å². The Bertz CT molecular complexity index is 703. The first-order valence-electron chi connectivity index (χ1n) is 6.42. The van der Waals surface area contributed by atoms with Crippen LogP contribution in [0, 0.1) is 6.92 Å². The molecule has 1 aromatic heterocycles.